The predicted octanol–water partition coefficient (Wildman–Crippen LogP) is 5.04. The molecular weight excluding hydrogens is 398 g/mol. The maximum absolute atomic E-state index is 12.8. The Labute approximate surface area is 180 Å². The topological polar surface area (TPSA) is 73.3 Å². The van der Waals surface area contributed by atoms with Gasteiger partial charge in [0, 0.05) is 23.9 Å². The lowest BCUT2D eigenvalue weighted by Crippen LogP contribution is -2.22. The molecule has 3 aromatic rings. The van der Waals surface area contributed by atoms with E-state index in [1.165, 1.54) is 16.9 Å². The molecule has 1 fully saturated rings. The van der Waals surface area contributed by atoms with Gasteiger partial charge >= 0.3 is 0 Å². The Hall–Kier alpha value is -2.93. The Morgan fingerprint density at radius 2 is 1.90 bits per heavy atom. The van der Waals surface area contributed by atoms with Gasteiger partial charge < -0.3 is 9.47 Å². The first-order valence-electron chi connectivity index (χ1n) is 10.1. The molecule has 1 amide bonds. The van der Waals surface area contributed by atoms with E-state index < -0.39 is 0 Å². The number of carbonyl (C=O) groups is 1. The Kier molecular flexibility index (Phi) is 5.72. The lowest BCUT2D eigenvalue weighted by atomic mass is 10.1. The van der Waals surface area contributed by atoms with E-state index >= 15 is 0 Å². The van der Waals surface area contributed by atoms with E-state index in [9.17, 15) is 4.79 Å². The Morgan fingerprint density at radius 3 is 2.53 bits per heavy atom. The molecule has 7 heteroatoms. The quantitative estimate of drug-likeness (QED) is 0.549. The van der Waals surface area contributed by atoms with Crippen LogP contribution < -0.4 is 14.8 Å². The molecule has 1 aliphatic rings. The number of thiazole rings is 1. The number of hydrogen-bond donors (Lipinski definition) is 1. The Morgan fingerprint density at radius 1 is 1.17 bits per heavy atom. The first-order chi connectivity index (χ1) is 14.4. The van der Waals surface area contributed by atoms with E-state index in [0.29, 0.717) is 22.5 Å². The van der Waals surface area contributed by atoms with Gasteiger partial charge in [0.15, 0.2) is 5.13 Å². The van der Waals surface area contributed by atoms with Crippen LogP contribution in [0.25, 0.3) is 0 Å². The number of nitrogens with zero attached hydrogens (tertiary/aromatic N) is 2. The minimum atomic E-state index is -0.273. The van der Waals surface area contributed by atoms with Gasteiger partial charge in [0.05, 0.1) is 17.4 Å². The van der Waals surface area contributed by atoms with Crippen LogP contribution in [0.2, 0.25) is 0 Å². The van der Waals surface area contributed by atoms with Crippen LogP contribution in [0, 0.1) is 6.92 Å². The molecule has 4 rings (SSSR count). The van der Waals surface area contributed by atoms with Crippen molar-refractivity contribution in [2.45, 2.75) is 51.7 Å². The summed E-state index contributed by atoms with van der Waals surface area (Å²) in [7, 11) is 0. The average Bonchev–Trinajstić information content (AvgIpc) is 3.31. The minimum Gasteiger partial charge on any atom is -0.475 e. The standard InChI is InChI=1S/C23H25N3O3S/c1-15(2)28-19-11-18(21(27)26-22-24-16(3)14-30-22)12-20(25-19)29-23(9-10-23)13-17-7-5-4-6-8-17/h4-8,11-12,14-15H,9-10,13H2,1-3H3,(H,24,26,27). The SMILES string of the molecule is Cc1csc(NC(=O)c2cc(OC(C)C)nc(OC3(Cc4ccccc4)CC3)c2)n1. The summed E-state index contributed by atoms with van der Waals surface area (Å²) < 4.78 is 12.1. The van der Waals surface area contributed by atoms with Gasteiger partial charge in [-0.2, -0.15) is 4.98 Å². The van der Waals surface area contributed by atoms with Crippen molar-refractivity contribution in [3.05, 3.63) is 64.7 Å². The number of aromatic nitrogens is 2. The fraction of sp³-hybridized carbons (Fsp3) is 0.348. The molecule has 2 heterocycles. The second-order valence-corrected chi connectivity index (χ2v) is 8.75. The van der Waals surface area contributed by atoms with Gasteiger partial charge in [-0.1, -0.05) is 30.3 Å². The molecule has 1 saturated carbocycles. The molecule has 2 aromatic heterocycles. The van der Waals surface area contributed by atoms with Gasteiger partial charge in [0.1, 0.15) is 5.60 Å². The zero-order valence-electron chi connectivity index (χ0n) is 17.3. The Bertz CT molecular complexity index is 1030. The van der Waals surface area contributed by atoms with Crippen molar-refractivity contribution in [3.63, 3.8) is 0 Å². The summed E-state index contributed by atoms with van der Waals surface area (Å²) in [6.07, 6.45) is 2.66. The second-order valence-electron chi connectivity index (χ2n) is 7.89. The van der Waals surface area contributed by atoms with E-state index in [-0.39, 0.29) is 17.6 Å². The smallest absolute Gasteiger partial charge is 0.257 e. The molecular formula is C23H25N3O3S. The highest BCUT2D eigenvalue weighted by Crippen LogP contribution is 2.43. The molecule has 0 atom stereocenters. The number of aryl methyl sites for hydroxylation is 1. The molecule has 6 nitrogen and oxygen atoms in total. The van der Waals surface area contributed by atoms with E-state index in [4.69, 9.17) is 9.47 Å². The van der Waals surface area contributed by atoms with Crippen molar-refractivity contribution in [1.82, 2.24) is 9.97 Å². The maximum Gasteiger partial charge on any atom is 0.257 e. The van der Waals surface area contributed by atoms with Gasteiger partial charge in [-0.25, -0.2) is 4.98 Å². The molecule has 1 aromatic carbocycles. The highest BCUT2D eigenvalue weighted by Gasteiger charge is 2.46. The summed E-state index contributed by atoms with van der Waals surface area (Å²) in [5, 5.41) is 5.29. The van der Waals surface area contributed by atoms with Crippen LogP contribution in [0.4, 0.5) is 5.13 Å². The lowest BCUT2D eigenvalue weighted by Gasteiger charge is -2.19. The van der Waals surface area contributed by atoms with E-state index in [0.717, 1.165) is 25.0 Å². The first-order valence-corrected chi connectivity index (χ1v) is 10.9. The van der Waals surface area contributed by atoms with Crippen molar-refractivity contribution >= 4 is 22.4 Å². The van der Waals surface area contributed by atoms with Crippen molar-refractivity contribution in [2.24, 2.45) is 0 Å². The molecule has 0 radical (unpaired) electrons. The lowest BCUT2D eigenvalue weighted by molar-refractivity contribution is 0.102. The van der Waals surface area contributed by atoms with Crippen LogP contribution in [0.3, 0.4) is 0 Å². The van der Waals surface area contributed by atoms with Crippen LogP contribution in [0.1, 0.15) is 48.3 Å². The zero-order chi connectivity index (χ0) is 21.1. The number of ether oxygens (including phenoxy) is 2. The van der Waals surface area contributed by atoms with Crippen LogP contribution in [-0.2, 0) is 6.42 Å². The highest BCUT2D eigenvalue weighted by molar-refractivity contribution is 7.13. The zero-order valence-corrected chi connectivity index (χ0v) is 18.2. The fourth-order valence-electron chi connectivity index (χ4n) is 3.19. The van der Waals surface area contributed by atoms with E-state index in [1.807, 2.05) is 44.4 Å². The molecule has 30 heavy (non-hydrogen) atoms. The van der Waals surface area contributed by atoms with Gasteiger partial charge in [-0.05, 0) is 39.2 Å². The summed E-state index contributed by atoms with van der Waals surface area (Å²) in [5.74, 6) is 0.513. The predicted molar refractivity (Wildman–Crippen MR) is 118 cm³/mol. The molecule has 156 valence electrons. The van der Waals surface area contributed by atoms with Crippen molar-refractivity contribution in [3.8, 4) is 11.8 Å². The summed E-state index contributed by atoms with van der Waals surface area (Å²) in [6, 6.07) is 13.6. The number of pyridine rings is 1. The minimum absolute atomic E-state index is 0.0653. The van der Waals surface area contributed by atoms with Crippen LogP contribution in [0.5, 0.6) is 11.8 Å². The number of nitrogens with one attached hydrogen (secondary N) is 1. The number of amides is 1. The van der Waals surface area contributed by atoms with Crippen molar-refractivity contribution < 1.29 is 14.3 Å². The van der Waals surface area contributed by atoms with E-state index in [2.05, 4.69) is 27.4 Å². The highest BCUT2D eigenvalue weighted by atomic mass is 32.1. The first kappa shape index (κ1) is 20.3. The number of rotatable bonds is 8. The third kappa shape index (κ3) is 5.16. The van der Waals surface area contributed by atoms with Gasteiger partial charge in [-0.15, -0.1) is 11.3 Å². The molecule has 0 spiro atoms. The fourth-order valence-corrected chi connectivity index (χ4v) is 3.87. The average molecular weight is 424 g/mol. The van der Waals surface area contributed by atoms with Crippen LogP contribution in [-0.4, -0.2) is 27.6 Å². The van der Waals surface area contributed by atoms with Crippen molar-refractivity contribution in [1.29, 1.82) is 0 Å². The molecule has 0 aliphatic heterocycles. The van der Waals surface area contributed by atoms with E-state index in [1.54, 1.807) is 12.1 Å². The largest absolute Gasteiger partial charge is 0.475 e. The molecule has 1 aliphatic carbocycles. The van der Waals surface area contributed by atoms with Crippen LogP contribution >= 0.6 is 11.3 Å². The third-order valence-electron chi connectivity index (χ3n) is 4.73. The normalized spacial score (nSPS) is 14.4. The monoisotopic (exact) mass is 423 g/mol. The molecule has 0 bridgehead atoms. The summed E-state index contributed by atoms with van der Waals surface area (Å²) in [6.45, 7) is 5.73. The van der Waals surface area contributed by atoms with Crippen molar-refractivity contribution in [2.75, 3.05) is 5.32 Å². The number of hydrogen-bond acceptors (Lipinski definition) is 6. The van der Waals surface area contributed by atoms with Gasteiger partial charge in [0.25, 0.3) is 5.91 Å². The summed E-state index contributed by atoms with van der Waals surface area (Å²) in [4.78, 5) is 21.6. The maximum atomic E-state index is 12.8. The van der Waals surface area contributed by atoms with Gasteiger partial charge in [-0.3, -0.25) is 10.1 Å². The summed E-state index contributed by atoms with van der Waals surface area (Å²) >= 11 is 1.39. The molecule has 1 N–H and O–H groups in total. The number of benzene rings is 1. The Balaban J connectivity index is 1.56. The molecule has 0 saturated heterocycles. The third-order valence-corrected chi connectivity index (χ3v) is 5.61. The number of anilines is 1. The van der Waals surface area contributed by atoms with Gasteiger partial charge in [0.2, 0.25) is 11.8 Å². The second kappa shape index (κ2) is 8.44. The number of carbonyl (C=O) groups excluding carboxylic acids is 1. The molecule has 0 unspecified atom stereocenters. The van der Waals surface area contributed by atoms with Crippen LogP contribution in [0.15, 0.2) is 47.8 Å². The summed E-state index contributed by atoms with van der Waals surface area (Å²) in [5.41, 5.74) is 2.25.